The van der Waals surface area contributed by atoms with E-state index in [0.29, 0.717) is 6.04 Å². The van der Waals surface area contributed by atoms with Crippen LogP contribution in [0.1, 0.15) is 32.6 Å². The van der Waals surface area contributed by atoms with Crippen molar-refractivity contribution >= 4 is 0 Å². The van der Waals surface area contributed by atoms with Gasteiger partial charge in [0.2, 0.25) is 0 Å². The number of hydrogen-bond donors (Lipinski definition) is 2. The van der Waals surface area contributed by atoms with E-state index in [9.17, 15) is 0 Å². The summed E-state index contributed by atoms with van der Waals surface area (Å²) in [6.45, 7) is 4.39. The first kappa shape index (κ1) is 10.0. The summed E-state index contributed by atoms with van der Waals surface area (Å²) in [5.41, 5.74) is 0. The third-order valence-electron chi connectivity index (χ3n) is 2.95. The van der Waals surface area contributed by atoms with Gasteiger partial charge in [0.05, 0.1) is 0 Å². The Morgan fingerprint density at radius 1 is 1.33 bits per heavy atom. The van der Waals surface area contributed by atoms with Gasteiger partial charge in [0, 0.05) is 12.6 Å². The summed E-state index contributed by atoms with van der Waals surface area (Å²) >= 11 is 0. The molecule has 1 saturated carbocycles. The Morgan fingerprint density at radius 3 is 2.50 bits per heavy atom. The van der Waals surface area contributed by atoms with Crippen LogP contribution in [-0.2, 0) is 0 Å². The molecule has 0 saturated heterocycles. The molecule has 1 aliphatic carbocycles. The first-order valence-corrected chi connectivity index (χ1v) is 5.26. The van der Waals surface area contributed by atoms with Crippen LogP contribution in [0.3, 0.4) is 0 Å². The molecule has 2 N–H and O–H groups in total. The lowest BCUT2D eigenvalue weighted by molar-refractivity contribution is 0.364. The van der Waals surface area contributed by atoms with Crippen molar-refractivity contribution in [1.29, 1.82) is 0 Å². The number of nitrogens with one attached hydrogen (secondary N) is 2. The maximum absolute atomic E-state index is 3.42. The molecule has 0 amide bonds. The molecule has 1 atom stereocenters. The Labute approximate surface area is 76.1 Å². The highest BCUT2D eigenvalue weighted by molar-refractivity contribution is 4.80. The fourth-order valence-corrected chi connectivity index (χ4v) is 2.16. The third-order valence-corrected chi connectivity index (χ3v) is 2.95. The van der Waals surface area contributed by atoms with E-state index in [1.54, 1.807) is 0 Å². The minimum atomic E-state index is 0.701. The molecule has 0 aromatic heterocycles. The van der Waals surface area contributed by atoms with E-state index in [1.807, 2.05) is 0 Å². The van der Waals surface area contributed by atoms with Gasteiger partial charge in [0.15, 0.2) is 0 Å². The molecular weight excluding hydrogens is 148 g/mol. The molecule has 0 radical (unpaired) electrons. The second-order valence-corrected chi connectivity index (χ2v) is 3.75. The summed E-state index contributed by atoms with van der Waals surface area (Å²) in [5.74, 6) is 0.925. The summed E-state index contributed by atoms with van der Waals surface area (Å²) in [4.78, 5) is 0. The molecular formula is C10H22N2. The van der Waals surface area contributed by atoms with Crippen LogP contribution in [0.2, 0.25) is 0 Å². The molecule has 1 fully saturated rings. The monoisotopic (exact) mass is 170 g/mol. The second kappa shape index (κ2) is 5.55. The Balaban J connectivity index is 2.22. The standard InChI is InChI=1S/C10H22N2/c1-3-12-8-10(11-2)9-6-4-5-7-9/h9-12H,3-8H2,1-2H3. The van der Waals surface area contributed by atoms with Crippen LogP contribution in [0.25, 0.3) is 0 Å². The molecule has 0 bridgehead atoms. The van der Waals surface area contributed by atoms with Crippen LogP contribution < -0.4 is 10.6 Å². The largest absolute Gasteiger partial charge is 0.315 e. The summed E-state index contributed by atoms with van der Waals surface area (Å²) < 4.78 is 0. The average molecular weight is 170 g/mol. The molecule has 0 spiro atoms. The minimum absolute atomic E-state index is 0.701. The van der Waals surface area contributed by atoms with E-state index in [4.69, 9.17) is 0 Å². The Bertz CT molecular complexity index is 108. The zero-order chi connectivity index (χ0) is 8.81. The maximum atomic E-state index is 3.42. The summed E-state index contributed by atoms with van der Waals surface area (Å²) in [7, 11) is 2.08. The minimum Gasteiger partial charge on any atom is -0.315 e. The lowest BCUT2D eigenvalue weighted by atomic mass is 9.98. The molecule has 1 aliphatic rings. The lowest BCUT2D eigenvalue weighted by Gasteiger charge is -2.22. The molecule has 0 heterocycles. The van der Waals surface area contributed by atoms with Gasteiger partial charge >= 0.3 is 0 Å². The molecule has 2 nitrogen and oxygen atoms in total. The van der Waals surface area contributed by atoms with Crippen molar-refractivity contribution in [3.05, 3.63) is 0 Å². The Hall–Kier alpha value is -0.0800. The highest BCUT2D eigenvalue weighted by Crippen LogP contribution is 2.27. The molecule has 2 heteroatoms. The SMILES string of the molecule is CCNCC(NC)C1CCCC1. The fraction of sp³-hybridized carbons (Fsp3) is 1.00. The van der Waals surface area contributed by atoms with Crippen molar-refractivity contribution in [1.82, 2.24) is 10.6 Å². The van der Waals surface area contributed by atoms with Gasteiger partial charge in [0.25, 0.3) is 0 Å². The van der Waals surface area contributed by atoms with E-state index in [2.05, 4.69) is 24.6 Å². The quantitative estimate of drug-likeness (QED) is 0.651. The number of likely N-dealkylation sites (N-methyl/N-ethyl adjacent to an activating group) is 2. The highest BCUT2D eigenvalue weighted by atomic mass is 15.0. The van der Waals surface area contributed by atoms with Crippen molar-refractivity contribution in [2.75, 3.05) is 20.1 Å². The van der Waals surface area contributed by atoms with E-state index >= 15 is 0 Å². The predicted molar refractivity (Wildman–Crippen MR) is 53.3 cm³/mol. The van der Waals surface area contributed by atoms with E-state index in [0.717, 1.165) is 19.0 Å². The topological polar surface area (TPSA) is 24.1 Å². The Kier molecular flexibility index (Phi) is 4.62. The van der Waals surface area contributed by atoms with Crippen LogP contribution in [0, 0.1) is 5.92 Å². The molecule has 1 unspecified atom stereocenters. The third kappa shape index (κ3) is 2.76. The first-order chi connectivity index (χ1) is 5.88. The number of hydrogen-bond acceptors (Lipinski definition) is 2. The lowest BCUT2D eigenvalue weighted by Crippen LogP contribution is -2.41. The van der Waals surface area contributed by atoms with Crippen molar-refractivity contribution in [2.45, 2.75) is 38.6 Å². The Morgan fingerprint density at radius 2 is 2.00 bits per heavy atom. The molecule has 1 rings (SSSR count). The van der Waals surface area contributed by atoms with Gasteiger partial charge in [-0.1, -0.05) is 19.8 Å². The number of rotatable bonds is 5. The normalized spacial score (nSPS) is 21.5. The summed E-state index contributed by atoms with van der Waals surface area (Å²) in [6, 6.07) is 0.701. The van der Waals surface area contributed by atoms with Crippen molar-refractivity contribution in [3.8, 4) is 0 Å². The van der Waals surface area contributed by atoms with Gasteiger partial charge in [0.1, 0.15) is 0 Å². The van der Waals surface area contributed by atoms with E-state index in [1.165, 1.54) is 25.7 Å². The molecule has 0 aromatic rings. The smallest absolute Gasteiger partial charge is 0.0217 e. The van der Waals surface area contributed by atoms with Crippen LogP contribution in [-0.4, -0.2) is 26.2 Å². The van der Waals surface area contributed by atoms with Crippen molar-refractivity contribution in [2.24, 2.45) is 5.92 Å². The van der Waals surface area contributed by atoms with Crippen LogP contribution in [0.15, 0.2) is 0 Å². The molecule has 72 valence electrons. The van der Waals surface area contributed by atoms with Gasteiger partial charge in [-0.2, -0.15) is 0 Å². The van der Waals surface area contributed by atoms with Gasteiger partial charge in [-0.15, -0.1) is 0 Å². The predicted octanol–water partition coefficient (Wildman–Crippen LogP) is 1.37. The van der Waals surface area contributed by atoms with Crippen LogP contribution in [0.5, 0.6) is 0 Å². The molecule has 12 heavy (non-hydrogen) atoms. The maximum Gasteiger partial charge on any atom is 0.0217 e. The summed E-state index contributed by atoms with van der Waals surface area (Å²) in [6.07, 6.45) is 5.73. The van der Waals surface area contributed by atoms with Gasteiger partial charge in [-0.05, 0) is 32.4 Å². The summed E-state index contributed by atoms with van der Waals surface area (Å²) in [5, 5.41) is 6.83. The van der Waals surface area contributed by atoms with Crippen LogP contribution >= 0.6 is 0 Å². The highest BCUT2D eigenvalue weighted by Gasteiger charge is 2.22. The fourth-order valence-electron chi connectivity index (χ4n) is 2.16. The van der Waals surface area contributed by atoms with Gasteiger partial charge in [-0.3, -0.25) is 0 Å². The first-order valence-electron chi connectivity index (χ1n) is 5.26. The van der Waals surface area contributed by atoms with Crippen molar-refractivity contribution < 1.29 is 0 Å². The molecule has 0 aromatic carbocycles. The van der Waals surface area contributed by atoms with Gasteiger partial charge < -0.3 is 10.6 Å². The zero-order valence-corrected chi connectivity index (χ0v) is 8.40. The average Bonchev–Trinajstić information content (AvgIpc) is 2.59. The van der Waals surface area contributed by atoms with Crippen LogP contribution in [0.4, 0.5) is 0 Å². The van der Waals surface area contributed by atoms with Gasteiger partial charge in [-0.25, -0.2) is 0 Å². The van der Waals surface area contributed by atoms with Crippen molar-refractivity contribution in [3.63, 3.8) is 0 Å². The van der Waals surface area contributed by atoms with E-state index < -0.39 is 0 Å². The zero-order valence-electron chi connectivity index (χ0n) is 8.40. The second-order valence-electron chi connectivity index (χ2n) is 3.75. The van der Waals surface area contributed by atoms with E-state index in [-0.39, 0.29) is 0 Å². The molecule has 0 aliphatic heterocycles.